The van der Waals surface area contributed by atoms with Crippen LogP contribution in [0.15, 0.2) is 226 Å². The number of benzene rings is 10. The number of hydrogen-bond donors (Lipinski definition) is 0. The molecule has 70 heavy (non-hydrogen) atoms. The molecular formula is C63H35N3O3S. The molecule has 0 atom stereocenters. The lowest BCUT2D eigenvalue weighted by atomic mass is 9.95. The zero-order valence-corrected chi connectivity index (χ0v) is 38.0. The van der Waals surface area contributed by atoms with Crippen molar-refractivity contribution in [1.29, 1.82) is 0 Å². The maximum atomic E-state index is 6.60. The van der Waals surface area contributed by atoms with Crippen LogP contribution in [-0.2, 0) is 0 Å². The van der Waals surface area contributed by atoms with E-state index in [1.54, 1.807) is 0 Å². The summed E-state index contributed by atoms with van der Waals surface area (Å²) in [5, 5.41) is 8.85. The van der Waals surface area contributed by atoms with Gasteiger partial charge in [-0.2, -0.15) is 0 Å². The molecule has 5 heterocycles. The van der Waals surface area contributed by atoms with Crippen LogP contribution in [0.1, 0.15) is 0 Å². The summed E-state index contributed by atoms with van der Waals surface area (Å²) in [6, 6.07) is 73.8. The lowest BCUT2D eigenvalue weighted by Gasteiger charge is -2.10. The van der Waals surface area contributed by atoms with Crippen LogP contribution in [-0.4, -0.2) is 15.0 Å². The molecule has 0 unspecified atom stereocenters. The van der Waals surface area contributed by atoms with E-state index in [0.29, 0.717) is 17.5 Å². The third-order valence-electron chi connectivity index (χ3n) is 13.8. The summed E-state index contributed by atoms with van der Waals surface area (Å²) < 4.78 is 22.1. The molecule has 15 rings (SSSR count). The SMILES string of the molecule is c1ccc(-c2nc(-c3ccc(-c4cccc5c4oc4ccccc45)cc3)nc(-c3cccc4oc5ccc(-c6cccc7oc8ccc(-c9ccc%10c(c9)sc9ccccc9%10)cc8c67)cc5c34)n2)cc1. The van der Waals surface area contributed by atoms with Crippen LogP contribution in [0.25, 0.3) is 154 Å². The first-order valence-corrected chi connectivity index (χ1v) is 24.1. The Bertz CT molecular complexity index is 4600. The summed E-state index contributed by atoms with van der Waals surface area (Å²) in [6.45, 7) is 0. The smallest absolute Gasteiger partial charge is 0.164 e. The van der Waals surface area contributed by atoms with E-state index in [0.717, 1.165) is 110 Å². The van der Waals surface area contributed by atoms with Gasteiger partial charge in [-0.05, 0) is 82.4 Å². The summed E-state index contributed by atoms with van der Waals surface area (Å²) in [5.74, 6) is 1.72. The molecular weight excluding hydrogens is 879 g/mol. The topological polar surface area (TPSA) is 78.1 Å². The molecule has 0 spiro atoms. The molecule has 0 fully saturated rings. The zero-order valence-electron chi connectivity index (χ0n) is 37.2. The van der Waals surface area contributed by atoms with Crippen LogP contribution in [0.3, 0.4) is 0 Å². The van der Waals surface area contributed by atoms with E-state index in [4.69, 9.17) is 28.2 Å². The van der Waals surface area contributed by atoms with Gasteiger partial charge in [0.25, 0.3) is 0 Å². The highest BCUT2D eigenvalue weighted by molar-refractivity contribution is 7.25. The summed E-state index contributed by atoms with van der Waals surface area (Å²) in [6.07, 6.45) is 0. The standard InChI is InChI=1S/C63H35N3O3S/c1-2-11-37(12-3-1)61-64-62(38-25-23-36(24-26-38)43-16-8-17-47-44-13-4-6-19-51(44)69-60(43)47)66-63(65-61)48-18-10-21-55-59(48)50-34-41(29-32-53(50)68-55)42-15-9-20-54-58(42)49-33-39(28-31-52(49)67-54)40-27-30-46-45-14-5-7-22-56(45)70-57(46)35-40/h1-35H. The number of rotatable bonds is 6. The van der Waals surface area contributed by atoms with Crippen molar-refractivity contribution in [3.05, 3.63) is 212 Å². The Morgan fingerprint density at radius 3 is 1.59 bits per heavy atom. The molecule has 0 saturated carbocycles. The summed E-state index contributed by atoms with van der Waals surface area (Å²) in [4.78, 5) is 15.5. The van der Waals surface area contributed by atoms with Gasteiger partial charge < -0.3 is 13.3 Å². The number of hydrogen-bond acceptors (Lipinski definition) is 7. The van der Waals surface area contributed by atoms with E-state index < -0.39 is 0 Å². The Morgan fingerprint density at radius 1 is 0.271 bits per heavy atom. The Morgan fingerprint density at radius 2 is 0.786 bits per heavy atom. The fraction of sp³-hybridized carbons (Fsp3) is 0. The maximum absolute atomic E-state index is 6.60. The van der Waals surface area contributed by atoms with Gasteiger partial charge in [-0.25, -0.2) is 15.0 Å². The van der Waals surface area contributed by atoms with Gasteiger partial charge in [-0.1, -0.05) is 158 Å². The molecule has 0 bridgehead atoms. The molecule has 6 nitrogen and oxygen atoms in total. The van der Waals surface area contributed by atoms with Crippen molar-refractivity contribution < 1.29 is 13.3 Å². The second-order valence-electron chi connectivity index (χ2n) is 17.8. The molecule has 326 valence electrons. The molecule has 15 aromatic rings. The lowest BCUT2D eigenvalue weighted by Crippen LogP contribution is -2.00. The molecule has 0 amide bonds. The molecule has 0 saturated heterocycles. The van der Waals surface area contributed by atoms with Crippen molar-refractivity contribution in [3.8, 4) is 67.5 Å². The van der Waals surface area contributed by atoms with Gasteiger partial charge in [0.1, 0.15) is 33.5 Å². The maximum Gasteiger partial charge on any atom is 0.164 e. The normalized spacial score (nSPS) is 12.0. The summed E-state index contributed by atoms with van der Waals surface area (Å²) >= 11 is 1.84. The minimum atomic E-state index is 0.558. The van der Waals surface area contributed by atoms with Crippen molar-refractivity contribution in [3.63, 3.8) is 0 Å². The van der Waals surface area contributed by atoms with Gasteiger partial charge in [-0.3, -0.25) is 0 Å². The van der Waals surface area contributed by atoms with E-state index >= 15 is 0 Å². The van der Waals surface area contributed by atoms with Crippen LogP contribution >= 0.6 is 11.3 Å². The van der Waals surface area contributed by atoms with E-state index in [9.17, 15) is 0 Å². The second-order valence-corrected chi connectivity index (χ2v) is 18.9. The molecule has 7 heteroatoms. The number of nitrogens with zero attached hydrogens (tertiary/aromatic N) is 3. The van der Waals surface area contributed by atoms with Crippen molar-refractivity contribution in [1.82, 2.24) is 15.0 Å². The molecule has 5 aromatic heterocycles. The lowest BCUT2D eigenvalue weighted by molar-refractivity contribution is 0.669. The van der Waals surface area contributed by atoms with Crippen molar-refractivity contribution in [2.75, 3.05) is 0 Å². The van der Waals surface area contributed by atoms with Gasteiger partial charge in [0, 0.05) is 74.7 Å². The van der Waals surface area contributed by atoms with E-state index in [2.05, 4.69) is 152 Å². The second kappa shape index (κ2) is 15.2. The molecule has 0 radical (unpaired) electrons. The summed E-state index contributed by atoms with van der Waals surface area (Å²) in [5.41, 5.74) is 14.1. The largest absolute Gasteiger partial charge is 0.456 e. The fourth-order valence-electron chi connectivity index (χ4n) is 10.4. The first-order valence-electron chi connectivity index (χ1n) is 23.3. The number of fused-ring (bicyclic) bond motifs is 12. The third kappa shape index (κ3) is 6.08. The minimum Gasteiger partial charge on any atom is -0.456 e. The minimum absolute atomic E-state index is 0.558. The highest BCUT2D eigenvalue weighted by Gasteiger charge is 2.21. The van der Waals surface area contributed by atoms with Gasteiger partial charge in [0.15, 0.2) is 17.5 Å². The number of furan rings is 3. The Balaban J connectivity index is 0.854. The van der Waals surface area contributed by atoms with E-state index in [1.165, 1.54) is 25.7 Å². The number of thiophene rings is 1. The van der Waals surface area contributed by atoms with E-state index in [-0.39, 0.29) is 0 Å². The first kappa shape index (κ1) is 38.9. The van der Waals surface area contributed by atoms with Crippen molar-refractivity contribution in [2.45, 2.75) is 0 Å². The van der Waals surface area contributed by atoms with Gasteiger partial charge in [0.2, 0.25) is 0 Å². The molecule has 0 aliphatic carbocycles. The predicted octanol–water partition coefficient (Wildman–Crippen LogP) is 17.9. The average molecular weight is 914 g/mol. The van der Waals surface area contributed by atoms with E-state index in [1.807, 2.05) is 72.0 Å². The third-order valence-corrected chi connectivity index (χ3v) is 14.9. The van der Waals surface area contributed by atoms with Gasteiger partial charge in [0.05, 0.1) is 0 Å². The van der Waals surface area contributed by atoms with Crippen LogP contribution < -0.4 is 0 Å². The number of aromatic nitrogens is 3. The highest BCUT2D eigenvalue weighted by atomic mass is 32.1. The quantitative estimate of drug-likeness (QED) is 0.165. The van der Waals surface area contributed by atoms with Gasteiger partial charge in [-0.15, -0.1) is 11.3 Å². The Hall–Kier alpha value is -9.17. The first-order chi connectivity index (χ1) is 34.6. The molecule has 10 aromatic carbocycles. The Labute approximate surface area is 403 Å². The monoisotopic (exact) mass is 913 g/mol. The average Bonchev–Trinajstić information content (AvgIpc) is 4.20. The van der Waals surface area contributed by atoms with Crippen molar-refractivity contribution >= 4 is 97.3 Å². The zero-order chi connectivity index (χ0) is 45.9. The fourth-order valence-corrected chi connectivity index (χ4v) is 11.6. The van der Waals surface area contributed by atoms with Crippen LogP contribution in [0, 0.1) is 0 Å². The molecule has 0 aliphatic rings. The Kier molecular flexibility index (Phi) is 8.43. The van der Waals surface area contributed by atoms with Gasteiger partial charge >= 0.3 is 0 Å². The van der Waals surface area contributed by atoms with Crippen LogP contribution in [0.4, 0.5) is 0 Å². The van der Waals surface area contributed by atoms with Crippen molar-refractivity contribution in [2.24, 2.45) is 0 Å². The number of para-hydroxylation sites is 2. The van der Waals surface area contributed by atoms with Crippen LogP contribution in [0.2, 0.25) is 0 Å². The van der Waals surface area contributed by atoms with Crippen LogP contribution in [0.5, 0.6) is 0 Å². The molecule has 0 aliphatic heterocycles. The summed E-state index contributed by atoms with van der Waals surface area (Å²) in [7, 11) is 0. The highest BCUT2D eigenvalue weighted by Crippen LogP contribution is 2.44. The predicted molar refractivity (Wildman–Crippen MR) is 287 cm³/mol. The molecule has 0 N–H and O–H groups in total.